The van der Waals surface area contributed by atoms with Crippen LogP contribution in [0.5, 0.6) is 5.75 Å². The molecular formula is C11H12N2O6S. The molecule has 2 N–H and O–H groups in total. The Hall–Kier alpha value is -2.16. The van der Waals surface area contributed by atoms with Crippen molar-refractivity contribution in [3.05, 3.63) is 33.9 Å². The van der Waals surface area contributed by atoms with E-state index < -0.39 is 38.1 Å². The highest BCUT2D eigenvalue weighted by atomic mass is 32.2. The van der Waals surface area contributed by atoms with Crippen molar-refractivity contribution >= 4 is 21.4 Å². The summed E-state index contributed by atoms with van der Waals surface area (Å²) in [4.78, 5) is 21.6. The van der Waals surface area contributed by atoms with Gasteiger partial charge in [0.05, 0.1) is 16.4 Å². The van der Waals surface area contributed by atoms with E-state index in [4.69, 9.17) is 0 Å². The molecule has 1 saturated heterocycles. The van der Waals surface area contributed by atoms with Gasteiger partial charge in [-0.2, -0.15) is 0 Å². The Morgan fingerprint density at radius 2 is 2.15 bits per heavy atom. The van der Waals surface area contributed by atoms with Crippen molar-refractivity contribution in [1.82, 2.24) is 5.32 Å². The van der Waals surface area contributed by atoms with Gasteiger partial charge in [-0.05, 0) is 18.6 Å². The van der Waals surface area contributed by atoms with E-state index >= 15 is 0 Å². The molecule has 1 aliphatic rings. The van der Waals surface area contributed by atoms with Crippen LogP contribution in [-0.2, 0) is 9.84 Å². The highest BCUT2D eigenvalue weighted by molar-refractivity contribution is 7.91. The van der Waals surface area contributed by atoms with E-state index in [9.17, 15) is 28.4 Å². The van der Waals surface area contributed by atoms with E-state index in [1.807, 2.05) is 0 Å². The van der Waals surface area contributed by atoms with Crippen molar-refractivity contribution in [3.63, 3.8) is 0 Å². The summed E-state index contributed by atoms with van der Waals surface area (Å²) >= 11 is 0. The third kappa shape index (κ3) is 3.05. The molecule has 20 heavy (non-hydrogen) atoms. The predicted molar refractivity (Wildman–Crippen MR) is 69.3 cm³/mol. The van der Waals surface area contributed by atoms with E-state index in [0.717, 1.165) is 12.1 Å². The number of carbonyl (C=O) groups excluding carboxylic acids is 1. The van der Waals surface area contributed by atoms with Crippen molar-refractivity contribution in [2.45, 2.75) is 12.5 Å². The fourth-order valence-electron chi connectivity index (χ4n) is 2.00. The molecule has 0 spiro atoms. The van der Waals surface area contributed by atoms with E-state index in [1.165, 1.54) is 6.07 Å². The van der Waals surface area contributed by atoms with Gasteiger partial charge in [-0.1, -0.05) is 0 Å². The van der Waals surface area contributed by atoms with Gasteiger partial charge in [0.15, 0.2) is 15.6 Å². The highest BCUT2D eigenvalue weighted by Gasteiger charge is 2.29. The molecule has 0 aliphatic carbocycles. The lowest BCUT2D eigenvalue weighted by Gasteiger charge is -2.10. The molecule has 9 heteroatoms. The Kier molecular flexibility index (Phi) is 3.62. The monoisotopic (exact) mass is 300 g/mol. The molecule has 108 valence electrons. The summed E-state index contributed by atoms with van der Waals surface area (Å²) in [6.45, 7) is 0. The smallest absolute Gasteiger partial charge is 0.310 e. The number of rotatable bonds is 3. The summed E-state index contributed by atoms with van der Waals surface area (Å²) in [7, 11) is -3.10. The third-order valence-corrected chi connectivity index (χ3v) is 4.77. The first kappa shape index (κ1) is 14.3. The zero-order valence-corrected chi connectivity index (χ0v) is 11.1. The molecule has 1 aromatic carbocycles. The second-order valence-corrected chi connectivity index (χ2v) is 6.76. The molecule has 2 rings (SSSR count). The van der Waals surface area contributed by atoms with Gasteiger partial charge in [0.25, 0.3) is 5.91 Å². The van der Waals surface area contributed by atoms with Gasteiger partial charge in [-0.3, -0.25) is 14.9 Å². The van der Waals surface area contributed by atoms with Crippen LogP contribution in [0.25, 0.3) is 0 Å². The molecule has 1 aromatic rings. The van der Waals surface area contributed by atoms with Crippen LogP contribution in [0.15, 0.2) is 18.2 Å². The van der Waals surface area contributed by atoms with Crippen LogP contribution < -0.4 is 5.32 Å². The summed E-state index contributed by atoms with van der Waals surface area (Å²) in [6.07, 6.45) is 0.340. The van der Waals surface area contributed by atoms with Gasteiger partial charge >= 0.3 is 5.69 Å². The van der Waals surface area contributed by atoms with Gasteiger partial charge in [0, 0.05) is 17.7 Å². The van der Waals surface area contributed by atoms with Gasteiger partial charge < -0.3 is 10.4 Å². The molecule has 1 unspecified atom stereocenters. The van der Waals surface area contributed by atoms with E-state index in [0.29, 0.717) is 6.42 Å². The second-order valence-electron chi connectivity index (χ2n) is 4.53. The number of sulfone groups is 1. The Morgan fingerprint density at radius 3 is 2.65 bits per heavy atom. The van der Waals surface area contributed by atoms with Gasteiger partial charge in [0.2, 0.25) is 0 Å². The van der Waals surface area contributed by atoms with Crippen molar-refractivity contribution in [2.24, 2.45) is 0 Å². The third-order valence-electron chi connectivity index (χ3n) is 3.00. The summed E-state index contributed by atoms with van der Waals surface area (Å²) < 4.78 is 22.5. The van der Waals surface area contributed by atoms with Crippen molar-refractivity contribution in [2.75, 3.05) is 11.5 Å². The summed E-state index contributed by atoms with van der Waals surface area (Å²) in [5.41, 5.74) is -0.456. The van der Waals surface area contributed by atoms with Crippen LogP contribution in [0.2, 0.25) is 0 Å². The number of hydrogen-bond acceptors (Lipinski definition) is 6. The van der Waals surface area contributed by atoms with Crippen LogP contribution in [0.3, 0.4) is 0 Å². The Balaban J connectivity index is 2.10. The number of carbonyl (C=O) groups is 1. The average Bonchev–Trinajstić information content (AvgIpc) is 2.68. The lowest BCUT2D eigenvalue weighted by molar-refractivity contribution is -0.385. The van der Waals surface area contributed by atoms with E-state index in [2.05, 4.69) is 5.32 Å². The standard InChI is InChI=1S/C11H12N2O6S/c14-10-5-7(1-2-9(10)13(16)17)11(15)12-8-3-4-20(18,19)6-8/h1-2,5,8,14H,3-4,6H2,(H,12,15). The maximum absolute atomic E-state index is 11.9. The average molecular weight is 300 g/mol. The van der Waals surface area contributed by atoms with Gasteiger partial charge in [-0.15, -0.1) is 0 Å². The molecule has 8 nitrogen and oxygen atoms in total. The molecule has 0 bridgehead atoms. The largest absolute Gasteiger partial charge is 0.502 e. The number of nitrogens with zero attached hydrogens (tertiary/aromatic N) is 1. The Labute approximate surface area is 114 Å². The number of phenols is 1. The summed E-state index contributed by atoms with van der Waals surface area (Å²) in [5.74, 6) is -1.26. The van der Waals surface area contributed by atoms with Crippen LogP contribution in [0.1, 0.15) is 16.8 Å². The number of benzene rings is 1. The molecule has 1 amide bonds. The van der Waals surface area contributed by atoms with Crippen LogP contribution in [-0.4, -0.2) is 41.9 Å². The summed E-state index contributed by atoms with van der Waals surface area (Å²) in [6, 6.07) is 2.74. The molecule has 0 saturated carbocycles. The van der Waals surface area contributed by atoms with Gasteiger partial charge in [-0.25, -0.2) is 8.42 Å². The Bertz CT molecular complexity index is 669. The maximum Gasteiger partial charge on any atom is 0.310 e. The summed E-state index contributed by atoms with van der Waals surface area (Å²) in [5, 5.41) is 22.5. The fraction of sp³-hybridized carbons (Fsp3) is 0.364. The normalized spacial score (nSPS) is 20.5. The topological polar surface area (TPSA) is 127 Å². The minimum absolute atomic E-state index is 0.0312. The second kappa shape index (κ2) is 5.08. The minimum Gasteiger partial charge on any atom is -0.502 e. The lowest BCUT2D eigenvalue weighted by Crippen LogP contribution is -2.35. The molecule has 1 atom stereocenters. The molecule has 1 heterocycles. The number of aromatic hydroxyl groups is 1. The first-order valence-corrected chi connectivity index (χ1v) is 7.59. The predicted octanol–water partition coefficient (Wildman–Crippen LogP) is 0.217. The van der Waals surface area contributed by atoms with Crippen molar-refractivity contribution in [3.8, 4) is 5.75 Å². The molecule has 1 fully saturated rings. The van der Waals surface area contributed by atoms with Crippen LogP contribution in [0.4, 0.5) is 5.69 Å². The van der Waals surface area contributed by atoms with E-state index in [1.54, 1.807) is 0 Å². The quantitative estimate of drug-likeness (QED) is 0.607. The minimum atomic E-state index is -3.10. The fourth-order valence-corrected chi connectivity index (χ4v) is 3.67. The number of phenolic OH excluding ortho intramolecular Hbond substituents is 1. The number of nitro groups is 1. The SMILES string of the molecule is O=C(NC1CCS(=O)(=O)C1)c1ccc([N+](=O)[O-])c(O)c1. The molecule has 0 aromatic heterocycles. The maximum atomic E-state index is 11.9. The first-order chi connectivity index (χ1) is 9.28. The molecular weight excluding hydrogens is 288 g/mol. The number of hydrogen-bond donors (Lipinski definition) is 2. The zero-order chi connectivity index (χ0) is 14.9. The zero-order valence-electron chi connectivity index (χ0n) is 10.3. The number of amides is 1. The van der Waals surface area contributed by atoms with Crippen LogP contribution >= 0.6 is 0 Å². The Morgan fingerprint density at radius 1 is 1.45 bits per heavy atom. The van der Waals surface area contributed by atoms with E-state index in [-0.39, 0.29) is 17.1 Å². The molecule has 1 aliphatic heterocycles. The van der Waals surface area contributed by atoms with Gasteiger partial charge in [0.1, 0.15) is 0 Å². The highest BCUT2D eigenvalue weighted by Crippen LogP contribution is 2.26. The van der Waals surface area contributed by atoms with Crippen LogP contribution in [0, 0.1) is 10.1 Å². The number of nitro benzene ring substituents is 1. The number of nitrogens with one attached hydrogen (secondary N) is 1. The first-order valence-electron chi connectivity index (χ1n) is 5.77. The van der Waals surface area contributed by atoms with Crippen molar-refractivity contribution < 1.29 is 23.2 Å². The van der Waals surface area contributed by atoms with Crippen molar-refractivity contribution in [1.29, 1.82) is 0 Å². The molecule has 0 radical (unpaired) electrons. The lowest BCUT2D eigenvalue weighted by atomic mass is 10.1.